The molecule has 0 radical (unpaired) electrons. The van der Waals surface area contributed by atoms with Crippen LogP contribution in [0.4, 0.5) is 0 Å². The summed E-state index contributed by atoms with van der Waals surface area (Å²) in [6.45, 7) is 3.90. The van der Waals surface area contributed by atoms with E-state index >= 15 is 0 Å². The highest BCUT2D eigenvalue weighted by Crippen LogP contribution is 2.27. The highest BCUT2D eigenvalue weighted by molar-refractivity contribution is 6.04. The molecule has 0 saturated carbocycles. The first kappa shape index (κ1) is 14.3. The standard InChI is InChI=1S/C17H17N3O2/c1-10-5-7-12(8-6-10)14-9-13(17(21)22-4)15-11(2)19-20(3)16(15)18-14/h5-9H,1-4H3. The number of aryl methyl sites for hydroxylation is 3. The van der Waals surface area contributed by atoms with Gasteiger partial charge in [0.15, 0.2) is 5.65 Å². The van der Waals surface area contributed by atoms with E-state index in [1.165, 1.54) is 12.7 Å². The van der Waals surface area contributed by atoms with Gasteiger partial charge in [0.25, 0.3) is 0 Å². The van der Waals surface area contributed by atoms with Crippen molar-refractivity contribution in [1.82, 2.24) is 14.8 Å². The summed E-state index contributed by atoms with van der Waals surface area (Å²) in [5.74, 6) is -0.378. The number of rotatable bonds is 2. The summed E-state index contributed by atoms with van der Waals surface area (Å²) >= 11 is 0. The predicted molar refractivity (Wildman–Crippen MR) is 84.8 cm³/mol. The maximum atomic E-state index is 12.1. The predicted octanol–water partition coefficient (Wildman–Crippen LogP) is 3.04. The van der Waals surface area contributed by atoms with Crippen molar-refractivity contribution in [3.05, 3.63) is 47.2 Å². The second-order valence-corrected chi connectivity index (χ2v) is 5.32. The molecule has 2 aromatic heterocycles. The van der Waals surface area contributed by atoms with Crippen molar-refractivity contribution >= 4 is 17.0 Å². The molecular weight excluding hydrogens is 278 g/mol. The molecule has 0 atom stereocenters. The van der Waals surface area contributed by atoms with Crippen molar-refractivity contribution < 1.29 is 9.53 Å². The van der Waals surface area contributed by atoms with Crippen LogP contribution in [-0.2, 0) is 11.8 Å². The zero-order chi connectivity index (χ0) is 15.9. The Morgan fingerprint density at radius 1 is 1.18 bits per heavy atom. The maximum Gasteiger partial charge on any atom is 0.338 e. The summed E-state index contributed by atoms with van der Waals surface area (Å²) in [7, 11) is 3.20. The molecule has 22 heavy (non-hydrogen) atoms. The molecule has 3 aromatic rings. The first-order valence-corrected chi connectivity index (χ1v) is 7.01. The lowest BCUT2D eigenvalue weighted by Gasteiger charge is -2.07. The minimum atomic E-state index is -0.378. The van der Waals surface area contributed by atoms with Gasteiger partial charge in [-0.15, -0.1) is 0 Å². The van der Waals surface area contributed by atoms with Gasteiger partial charge < -0.3 is 4.74 Å². The third-order valence-corrected chi connectivity index (χ3v) is 3.72. The quantitative estimate of drug-likeness (QED) is 0.682. The van der Waals surface area contributed by atoms with Crippen molar-refractivity contribution in [2.24, 2.45) is 7.05 Å². The van der Waals surface area contributed by atoms with Crippen LogP contribution in [0.5, 0.6) is 0 Å². The fourth-order valence-electron chi connectivity index (χ4n) is 2.59. The van der Waals surface area contributed by atoms with Crippen LogP contribution in [-0.4, -0.2) is 27.8 Å². The zero-order valence-electron chi connectivity index (χ0n) is 13.0. The second-order valence-electron chi connectivity index (χ2n) is 5.32. The average Bonchev–Trinajstić information content (AvgIpc) is 2.81. The molecule has 112 valence electrons. The summed E-state index contributed by atoms with van der Waals surface area (Å²) in [4.78, 5) is 16.8. The van der Waals surface area contributed by atoms with E-state index in [9.17, 15) is 4.79 Å². The van der Waals surface area contributed by atoms with E-state index in [4.69, 9.17) is 4.74 Å². The number of ether oxygens (including phenoxy) is 1. The average molecular weight is 295 g/mol. The molecule has 5 nitrogen and oxygen atoms in total. The van der Waals surface area contributed by atoms with Crippen LogP contribution in [0, 0.1) is 13.8 Å². The molecule has 0 unspecified atom stereocenters. The molecular formula is C17H17N3O2. The van der Waals surface area contributed by atoms with Crippen molar-refractivity contribution in [2.75, 3.05) is 7.11 Å². The molecule has 1 aromatic carbocycles. The number of methoxy groups -OCH3 is 1. The lowest BCUT2D eigenvalue weighted by molar-refractivity contribution is 0.0603. The van der Waals surface area contributed by atoms with Gasteiger partial charge in [0.1, 0.15) is 0 Å². The highest BCUT2D eigenvalue weighted by atomic mass is 16.5. The van der Waals surface area contributed by atoms with Gasteiger partial charge >= 0.3 is 5.97 Å². The number of carbonyl (C=O) groups excluding carboxylic acids is 1. The summed E-state index contributed by atoms with van der Waals surface area (Å²) in [6.07, 6.45) is 0. The molecule has 0 bridgehead atoms. The maximum absolute atomic E-state index is 12.1. The van der Waals surface area contributed by atoms with Crippen LogP contribution in [0.15, 0.2) is 30.3 Å². The minimum absolute atomic E-state index is 0.378. The Hall–Kier alpha value is -2.69. The summed E-state index contributed by atoms with van der Waals surface area (Å²) in [6, 6.07) is 9.80. The topological polar surface area (TPSA) is 57.0 Å². The van der Waals surface area contributed by atoms with Gasteiger partial charge in [-0.1, -0.05) is 29.8 Å². The molecule has 3 rings (SSSR count). The van der Waals surface area contributed by atoms with Gasteiger partial charge in [-0.05, 0) is 19.9 Å². The number of esters is 1. The van der Waals surface area contributed by atoms with E-state index in [0.717, 1.165) is 22.3 Å². The van der Waals surface area contributed by atoms with Crippen LogP contribution in [0.2, 0.25) is 0 Å². The number of benzene rings is 1. The van der Waals surface area contributed by atoms with E-state index < -0.39 is 0 Å². The number of pyridine rings is 1. The van der Waals surface area contributed by atoms with E-state index in [0.29, 0.717) is 11.2 Å². The Balaban J connectivity index is 2.31. The summed E-state index contributed by atoms with van der Waals surface area (Å²) in [5.41, 5.74) is 4.80. The minimum Gasteiger partial charge on any atom is -0.465 e. The lowest BCUT2D eigenvalue weighted by atomic mass is 10.0. The number of hydrogen-bond donors (Lipinski definition) is 0. The van der Waals surface area contributed by atoms with E-state index in [1.807, 2.05) is 45.2 Å². The van der Waals surface area contributed by atoms with Gasteiger partial charge in [-0.25, -0.2) is 9.78 Å². The Morgan fingerprint density at radius 3 is 2.50 bits per heavy atom. The van der Waals surface area contributed by atoms with Crippen LogP contribution < -0.4 is 0 Å². The molecule has 0 aliphatic rings. The molecule has 0 fully saturated rings. The third kappa shape index (κ3) is 2.24. The molecule has 0 aliphatic carbocycles. The van der Waals surface area contributed by atoms with Gasteiger partial charge in [0.05, 0.1) is 29.4 Å². The SMILES string of the molecule is COC(=O)c1cc(-c2ccc(C)cc2)nc2c1c(C)nn2C. The molecule has 0 amide bonds. The smallest absolute Gasteiger partial charge is 0.338 e. The van der Waals surface area contributed by atoms with Crippen molar-refractivity contribution in [2.45, 2.75) is 13.8 Å². The van der Waals surface area contributed by atoms with E-state index in [2.05, 4.69) is 10.1 Å². The van der Waals surface area contributed by atoms with Gasteiger partial charge in [0, 0.05) is 12.6 Å². The number of aromatic nitrogens is 3. The molecule has 0 aliphatic heterocycles. The van der Waals surface area contributed by atoms with Crippen LogP contribution in [0.3, 0.4) is 0 Å². The zero-order valence-corrected chi connectivity index (χ0v) is 13.0. The van der Waals surface area contributed by atoms with Gasteiger partial charge in [-0.2, -0.15) is 5.10 Å². The molecule has 0 N–H and O–H groups in total. The second kappa shape index (κ2) is 5.26. The molecule has 5 heteroatoms. The van der Waals surface area contributed by atoms with Crippen LogP contribution >= 0.6 is 0 Å². The highest BCUT2D eigenvalue weighted by Gasteiger charge is 2.19. The molecule has 0 spiro atoms. The monoisotopic (exact) mass is 295 g/mol. The Bertz CT molecular complexity index is 864. The fourth-order valence-corrected chi connectivity index (χ4v) is 2.59. The fraction of sp³-hybridized carbons (Fsp3) is 0.235. The first-order valence-electron chi connectivity index (χ1n) is 7.01. The van der Waals surface area contributed by atoms with Crippen LogP contribution in [0.25, 0.3) is 22.3 Å². The Kier molecular flexibility index (Phi) is 3.41. The summed E-state index contributed by atoms with van der Waals surface area (Å²) in [5, 5.41) is 5.10. The number of carbonyl (C=O) groups is 1. The van der Waals surface area contributed by atoms with E-state index in [-0.39, 0.29) is 5.97 Å². The normalized spacial score (nSPS) is 10.9. The number of nitrogens with zero attached hydrogens (tertiary/aromatic N) is 3. The van der Waals surface area contributed by atoms with Gasteiger partial charge in [0.2, 0.25) is 0 Å². The first-order chi connectivity index (χ1) is 10.5. The number of fused-ring (bicyclic) bond motifs is 1. The number of hydrogen-bond acceptors (Lipinski definition) is 4. The summed E-state index contributed by atoms with van der Waals surface area (Å²) < 4.78 is 6.60. The Labute approximate surface area is 128 Å². The van der Waals surface area contributed by atoms with Crippen molar-refractivity contribution in [3.63, 3.8) is 0 Å². The molecule has 0 saturated heterocycles. The Morgan fingerprint density at radius 2 is 1.86 bits per heavy atom. The van der Waals surface area contributed by atoms with Crippen molar-refractivity contribution in [3.8, 4) is 11.3 Å². The van der Waals surface area contributed by atoms with Gasteiger partial charge in [-0.3, -0.25) is 4.68 Å². The lowest BCUT2D eigenvalue weighted by Crippen LogP contribution is -2.04. The third-order valence-electron chi connectivity index (χ3n) is 3.72. The van der Waals surface area contributed by atoms with Crippen molar-refractivity contribution in [1.29, 1.82) is 0 Å². The van der Waals surface area contributed by atoms with E-state index in [1.54, 1.807) is 10.7 Å². The largest absolute Gasteiger partial charge is 0.465 e. The molecule has 2 heterocycles. The van der Waals surface area contributed by atoms with Crippen LogP contribution in [0.1, 0.15) is 21.6 Å².